The SMILES string of the molecule is CC(=O)Nc1nc2c(s1)CCN(CCCc1ccccc1)CC2. The van der Waals surface area contributed by atoms with E-state index in [2.05, 4.69) is 45.5 Å². The van der Waals surface area contributed by atoms with Crippen molar-refractivity contribution in [2.75, 3.05) is 25.0 Å². The molecule has 0 aliphatic carbocycles. The van der Waals surface area contributed by atoms with Gasteiger partial charge in [-0.25, -0.2) is 4.98 Å². The molecular formula is C18H23N3OS. The van der Waals surface area contributed by atoms with Gasteiger partial charge in [0.25, 0.3) is 0 Å². The van der Waals surface area contributed by atoms with Crippen molar-refractivity contribution in [3.05, 3.63) is 46.5 Å². The summed E-state index contributed by atoms with van der Waals surface area (Å²) >= 11 is 1.63. The number of thiazole rings is 1. The molecule has 2 heterocycles. The second-order valence-electron chi connectivity index (χ2n) is 6.00. The second-order valence-corrected chi connectivity index (χ2v) is 7.08. The topological polar surface area (TPSA) is 45.2 Å². The summed E-state index contributed by atoms with van der Waals surface area (Å²) < 4.78 is 0. The van der Waals surface area contributed by atoms with E-state index in [4.69, 9.17) is 0 Å². The maximum absolute atomic E-state index is 11.1. The fourth-order valence-corrected chi connectivity index (χ4v) is 4.03. The number of hydrogen-bond donors (Lipinski definition) is 1. The molecule has 1 amide bonds. The van der Waals surface area contributed by atoms with Crippen molar-refractivity contribution in [1.82, 2.24) is 9.88 Å². The monoisotopic (exact) mass is 329 g/mol. The van der Waals surface area contributed by atoms with Crippen LogP contribution in [0.4, 0.5) is 5.13 Å². The molecule has 5 heteroatoms. The zero-order valence-corrected chi connectivity index (χ0v) is 14.4. The minimum Gasteiger partial charge on any atom is -0.303 e. The Hall–Kier alpha value is -1.72. The van der Waals surface area contributed by atoms with Crippen molar-refractivity contribution in [1.29, 1.82) is 0 Å². The van der Waals surface area contributed by atoms with Crippen LogP contribution >= 0.6 is 11.3 Å². The smallest absolute Gasteiger partial charge is 0.223 e. The van der Waals surface area contributed by atoms with Gasteiger partial charge >= 0.3 is 0 Å². The Labute approximate surface area is 141 Å². The van der Waals surface area contributed by atoms with Gasteiger partial charge in [-0.05, 0) is 31.4 Å². The van der Waals surface area contributed by atoms with E-state index in [9.17, 15) is 4.79 Å². The van der Waals surface area contributed by atoms with E-state index >= 15 is 0 Å². The fourth-order valence-electron chi connectivity index (χ4n) is 2.99. The number of benzene rings is 1. The predicted molar refractivity (Wildman–Crippen MR) is 95.0 cm³/mol. The molecule has 1 aliphatic rings. The molecule has 1 N–H and O–H groups in total. The number of carbonyl (C=O) groups excluding carboxylic acids is 1. The lowest BCUT2D eigenvalue weighted by molar-refractivity contribution is -0.114. The molecule has 1 aliphatic heterocycles. The number of nitrogens with one attached hydrogen (secondary N) is 1. The van der Waals surface area contributed by atoms with Gasteiger partial charge in [0.05, 0.1) is 5.69 Å². The molecule has 0 radical (unpaired) electrons. The average Bonchev–Trinajstić information content (AvgIpc) is 2.82. The van der Waals surface area contributed by atoms with Crippen LogP contribution in [0.1, 0.15) is 29.5 Å². The van der Waals surface area contributed by atoms with Crippen LogP contribution in [-0.2, 0) is 24.1 Å². The number of aryl methyl sites for hydroxylation is 1. The zero-order valence-electron chi connectivity index (χ0n) is 13.5. The van der Waals surface area contributed by atoms with Gasteiger partial charge in [0, 0.05) is 31.3 Å². The summed E-state index contributed by atoms with van der Waals surface area (Å²) in [6.45, 7) is 4.82. The van der Waals surface area contributed by atoms with Crippen LogP contribution < -0.4 is 5.32 Å². The number of carbonyl (C=O) groups is 1. The van der Waals surface area contributed by atoms with Crippen LogP contribution in [0.25, 0.3) is 0 Å². The van der Waals surface area contributed by atoms with Crippen molar-refractivity contribution in [2.45, 2.75) is 32.6 Å². The predicted octanol–water partition coefficient (Wildman–Crippen LogP) is 3.13. The number of aromatic nitrogens is 1. The molecule has 23 heavy (non-hydrogen) atoms. The molecule has 122 valence electrons. The van der Waals surface area contributed by atoms with Gasteiger partial charge in [0.2, 0.25) is 5.91 Å². The van der Waals surface area contributed by atoms with E-state index in [1.165, 1.54) is 29.5 Å². The van der Waals surface area contributed by atoms with Gasteiger partial charge in [-0.2, -0.15) is 0 Å². The van der Waals surface area contributed by atoms with Crippen LogP contribution in [0.3, 0.4) is 0 Å². The van der Waals surface area contributed by atoms with E-state index in [0.29, 0.717) is 0 Å². The molecule has 1 aromatic carbocycles. The third kappa shape index (κ3) is 4.62. The highest BCUT2D eigenvalue weighted by molar-refractivity contribution is 7.15. The fraction of sp³-hybridized carbons (Fsp3) is 0.444. The summed E-state index contributed by atoms with van der Waals surface area (Å²) in [4.78, 5) is 19.6. The Morgan fingerprint density at radius 2 is 2.04 bits per heavy atom. The summed E-state index contributed by atoms with van der Waals surface area (Å²) in [7, 11) is 0. The zero-order chi connectivity index (χ0) is 16.1. The third-order valence-corrected chi connectivity index (χ3v) is 5.24. The van der Waals surface area contributed by atoms with Crippen LogP contribution in [0.2, 0.25) is 0 Å². The van der Waals surface area contributed by atoms with E-state index in [-0.39, 0.29) is 5.91 Å². The Bertz CT molecular complexity index is 628. The lowest BCUT2D eigenvalue weighted by Crippen LogP contribution is -2.28. The average molecular weight is 329 g/mol. The summed E-state index contributed by atoms with van der Waals surface area (Å²) in [5, 5.41) is 3.55. The Balaban J connectivity index is 1.48. The van der Waals surface area contributed by atoms with Crippen molar-refractivity contribution in [2.24, 2.45) is 0 Å². The van der Waals surface area contributed by atoms with Gasteiger partial charge in [-0.15, -0.1) is 11.3 Å². The summed E-state index contributed by atoms with van der Waals surface area (Å²) in [5.41, 5.74) is 2.59. The highest BCUT2D eigenvalue weighted by Crippen LogP contribution is 2.26. The molecule has 0 saturated heterocycles. The number of hydrogen-bond acceptors (Lipinski definition) is 4. The molecule has 1 aromatic heterocycles. The number of nitrogens with zero attached hydrogens (tertiary/aromatic N) is 2. The van der Waals surface area contributed by atoms with Crippen molar-refractivity contribution >= 4 is 22.4 Å². The minimum absolute atomic E-state index is 0.0450. The maximum atomic E-state index is 11.1. The van der Waals surface area contributed by atoms with Gasteiger partial charge in [0.1, 0.15) is 0 Å². The van der Waals surface area contributed by atoms with Crippen LogP contribution in [0.5, 0.6) is 0 Å². The molecule has 0 unspecified atom stereocenters. The van der Waals surface area contributed by atoms with Crippen LogP contribution in [0, 0.1) is 0 Å². The molecule has 0 spiro atoms. The molecule has 0 fully saturated rings. The van der Waals surface area contributed by atoms with Gasteiger partial charge < -0.3 is 10.2 Å². The number of anilines is 1. The summed E-state index contributed by atoms with van der Waals surface area (Å²) in [6, 6.07) is 10.7. The first-order chi connectivity index (χ1) is 11.2. The number of fused-ring (bicyclic) bond motifs is 1. The highest BCUT2D eigenvalue weighted by atomic mass is 32.1. The van der Waals surface area contributed by atoms with Gasteiger partial charge in [-0.3, -0.25) is 4.79 Å². The lowest BCUT2D eigenvalue weighted by Gasteiger charge is -2.19. The lowest BCUT2D eigenvalue weighted by atomic mass is 10.1. The number of amides is 1. The normalized spacial score (nSPS) is 15.0. The van der Waals surface area contributed by atoms with E-state index < -0.39 is 0 Å². The van der Waals surface area contributed by atoms with Crippen molar-refractivity contribution in [3.63, 3.8) is 0 Å². The molecule has 0 saturated carbocycles. The van der Waals surface area contributed by atoms with Crippen LogP contribution in [-0.4, -0.2) is 35.4 Å². The molecule has 4 nitrogen and oxygen atoms in total. The van der Waals surface area contributed by atoms with Crippen molar-refractivity contribution in [3.8, 4) is 0 Å². The molecular weight excluding hydrogens is 306 g/mol. The Morgan fingerprint density at radius 3 is 2.83 bits per heavy atom. The summed E-state index contributed by atoms with van der Waals surface area (Å²) in [6.07, 6.45) is 4.36. The van der Waals surface area contributed by atoms with Gasteiger partial charge in [0.15, 0.2) is 5.13 Å². The van der Waals surface area contributed by atoms with E-state index in [0.717, 1.165) is 44.0 Å². The second kappa shape index (κ2) is 7.70. The van der Waals surface area contributed by atoms with Gasteiger partial charge in [-0.1, -0.05) is 30.3 Å². The van der Waals surface area contributed by atoms with E-state index in [1.807, 2.05) is 0 Å². The molecule has 2 aromatic rings. The largest absolute Gasteiger partial charge is 0.303 e. The first-order valence-electron chi connectivity index (χ1n) is 8.23. The molecule has 0 bridgehead atoms. The third-order valence-electron chi connectivity index (χ3n) is 4.16. The summed E-state index contributed by atoms with van der Waals surface area (Å²) in [5.74, 6) is -0.0450. The Kier molecular flexibility index (Phi) is 5.41. The number of rotatable bonds is 5. The molecule has 0 atom stereocenters. The highest BCUT2D eigenvalue weighted by Gasteiger charge is 2.18. The Morgan fingerprint density at radius 1 is 1.26 bits per heavy atom. The van der Waals surface area contributed by atoms with Crippen LogP contribution in [0.15, 0.2) is 30.3 Å². The minimum atomic E-state index is -0.0450. The first kappa shape index (κ1) is 16.1. The van der Waals surface area contributed by atoms with Crippen molar-refractivity contribution < 1.29 is 4.79 Å². The van der Waals surface area contributed by atoms with E-state index in [1.54, 1.807) is 11.3 Å². The first-order valence-corrected chi connectivity index (χ1v) is 9.05. The quantitative estimate of drug-likeness (QED) is 0.916. The standard InChI is InChI=1S/C18H23N3OS/c1-14(22)19-18-20-16-9-12-21(13-10-17(16)23-18)11-5-8-15-6-3-2-4-7-15/h2-4,6-7H,5,8-13H2,1H3,(H,19,20,22). The molecule has 3 rings (SSSR count). The maximum Gasteiger partial charge on any atom is 0.223 e.